The number of carboxylic acid groups (broad SMARTS) is 1. The third kappa shape index (κ3) is 2.95. The molecule has 0 saturated heterocycles. The first-order chi connectivity index (χ1) is 7.82. The summed E-state index contributed by atoms with van der Waals surface area (Å²) in [6, 6.07) is 6.63. The molecule has 1 aromatic carbocycles. The van der Waals surface area contributed by atoms with E-state index >= 15 is 0 Å². The number of hydrogen-bond acceptors (Lipinski definition) is 3. The van der Waals surface area contributed by atoms with Gasteiger partial charge in [0.2, 0.25) is 0 Å². The van der Waals surface area contributed by atoms with Crippen molar-refractivity contribution in [2.45, 2.75) is 12.1 Å². The number of ether oxygens (including phenoxy) is 2. The summed E-state index contributed by atoms with van der Waals surface area (Å²) in [5.74, 6) is -4.77. The van der Waals surface area contributed by atoms with Gasteiger partial charge >= 0.3 is 18.1 Å². The van der Waals surface area contributed by atoms with Crippen molar-refractivity contribution >= 4 is 5.97 Å². The second kappa shape index (κ2) is 4.72. The lowest BCUT2D eigenvalue weighted by Crippen LogP contribution is -2.44. The molecule has 1 aromatic rings. The average molecular weight is 250 g/mol. The number of benzene rings is 1. The van der Waals surface area contributed by atoms with Crippen LogP contribution in [0.4, 0.5) is 13.2 Å². The fourth-order valence-electron chi connectivity index (χ4n) is 1.29. The molecular weight excluding hydrogens is 241 g/mol. The van der Waals surface area contributed by atoms with E-state index in [1.807, 2.05) is 0 Å². The van der Waals surface area contributed by atoms with E-state index in [1.165, 1.54) is 30.3 Å². The largest absolute Gasteiger partial charge is 0.525 e. The Morgan fingerprint density at radius 2 is 1.76 bits per heavy atom. The van der Waals surface area contributed by atoms with Crippen LogP contribution in [-0.4, -0.2) is 24.5 Å². The van der Waals surface area contributed by atoms with E-state index in [2.05, 4.69) is 9.47 Å². The van der Waals surface area contributed by atoms with Crippen molar-refractivity contribution in [1.29, 1.82) is 0 Å². The number of carboxylic acids is 1. The van der Waals surface area contributed by atoms with Crippen LogP contribution >= 0.6 is 0 Å². The Morgan fingerprint density at radius 3 is 2.12 bits per heavy atom. The highest BCUT2D eigenvalue weighted by molar-refractivity contribution is 5.77. The minimum atomic E-state index is -5.13. The number of rotatable bonds is 4. The molecule has 1 N–H and O–H groups in total. The van der Waals surface area contributed by atoms with Crippen LogP contribution in [0.2, 0.25) is 0 Å². The van der Waals surface area contributed by atoms with Crippen molar-refractivity contribution in [3.63, 3.8) is 0 Å². The third-order valence-corrected chi connectivity index (χ3v) is 1.98. The second-order valence-electron chi connectivity index (χ2n) is 3.04. The Bertz CT molecular complexity index is 390. The molecule has 0 aliphatic heterocycles. The van der Waals surface area contributed by atoms with Gasteiger partial charge in [-0.1, -0.05) is 30.3 Å². The van der Waals surface area contributed by atoms with Crippen LogP contribution in [0, 0.1) is 0 Å². The summed E-state index contributed by atoms with van der Waals surface area (Å²) < 4.78 is 44.7. The molecule has 0 aromatic heterocycles. The van der Waals surface area contributed by atoms with Gasteiger partial charge in [-0.3, -0.25) is 0 Å². The lowest BCUT2D eigenvalue weighted by molar-refractivity contribution is -0.410. The van der Waals surface area contributed by atoms with E-state index in [-0.39, 0.29) is 5.56 Å². The van der Waals surface area contributed by atoms with Gasteiger partial charge < -0.3 is 9.84 Å². The van der Waals surface area contributed by atoms with Gasteiger partial charge in [0.05, 0.1) is 0 Å². The monoisotopic (exact) mass is 250 g/mol. The van der Waals surface area contributed by atoms with Crippen molar-refractivity contribution in [1.82, 2.24) is 0 Å². The first kappa shape index (κ1) is 13.5. The van der Waals surface area contributed by atoms with E-state index < -0.39 is 18.1 Å². The standard InChI is InChI=1S/C10H9F3O4/c1-16-9(8(14)15,17-10(11,12)13)7-5-3-2-4-6-7/h2-6H,1H3,(H,14,15). The molecule has 0 radical (unpaired) electrons. The zero-order valence-corrected chi connectivity index (χ0v) is 8.69. The van der Waals surface area contributed by atoms with E-state index in [1.54, 1.807) is 0 Å². The molecule has 0 amide bonds. The van der Waals surface area contributed by atoms with Crippen LogP contribution in [0.15, 0.2) is 30.3 Å². The van der Waals surface area contributed by atoms with Gasteiger partial charge in [-0.05, 0) is 0 Å². The number of alkyl halides is 3. The van der Waals surface area contributed by atoms with E-state index in [0.717, 1.165) is 7.11 Å². The molecule has 1 atom stereocenters. The molecule has 0 spiro atoms. The number of aliphatic carboxylic acids is 1. The Balaban J connectivity index is 3.24. The molecule has 1 unspecified atom stereocenters. The Labute approximate surface area is 94.6 Å². The Hall–Kier alpha value is -1.60. The van der Waals surface area contributed by atoms with Crippen LogP contribution < -0.4 is 0 Å². The second-order valence-corrected chi connectivity index (χ2v) is 3.04. The number of methoxy groups -OCH3 is 1. The molecular formula is C10H9F3O4. The number of halogens is 3. The Morgan fingerprint density at radius 1 is 1.24 bits per heavy atom. The molecule has 0 aliphatic carbocycles. The topological polar surface area (TPSA) is 55.8 Å². The lowest BCUT2D eigenvalue weighted by Gasteiger charge is -2.28. The van der Waals surface area contributed by atoms with Gasteiger partial charge in [-0.25, -0.2) is 9.53 Å². The maximum absolute atomic E-state index is 12.2. The molecule has 17 heavy (non-hydrogen) atoms. The van der Waals surface area contributed by atoms with Crippen molar-refractivity contribution in [2.24, 2.45) is 0 Å². The zero-order valence-electron chi connectivity index (χ0n) is 8.69. The predicted molar refractivity (Wildman–Crippen MR) is 49.9 cm³/mol. The highest BCUT2D eigenvalue weighted by Gasteiger charge is 2.51. The van der Waals surface area contributed by atoms with Crippen LogP contribution in [0.25, 0.3) is 0 Å². The summed E-state index contributed by atoms with van der Waals surface area (Å²) in [6.45, 7) is 0. The van der Waals surface area contributed by atoms with Gasteiger partial charge in [0.25, 0.3) is 0 Å². The van der Waals surface area contributed by atoms with E-state index in [4.69, 9.17) is 5.11 Å². The van der Waals surface area contributed by atoms with Gasteiger partial charge in [0, 0.05) is 12.7 Å². The highest BCUT2D eigenvalue weighted by atomic mass is 19.4. The SMILES string of the molecule is COC(OC(F)(F)F)(C(=O)O)c1ccccc1. The Kier molecular flexibility index (Phi) is 3.74. The molecule has 94 valence electrons. The summed E-state index contributed by atoms with van der Waals surface area (Å²) in [5.41, 5.74) is -0.257. The van der Waals surface area contributed by atoms with Gasteiger partial charge in [-0.15, -0.1) is 13.2 Å². The van der Waals surface area contributed by atoms with Gasteiger partial charge in [0.15, 0.2) is 0 Å². The highest BCUT2D eigenvalue weighted by Crippen LogP contribution is 2.34. The van der Waals surface area contributed by atoms with Crippen molar-refractivity contribution in [3.05, 3.63) is 35.9 Å². The summed E-state index contributed by atoms with van der Waals surface area (Å²) in [6.07, 6.45) is -5.13. The van der Waals surface area contributed by atoms with Crippen LogP contribution in [0.5, 0.6) is 0 Å². The first-order valence-electron chi connectivity index (χ1n) is 4.43. The molecule has 1 rings (SSSR count). The molecule has 0 fully saturated rings. The summed E-state index contributed by atoms with van der Waals surface area (Å²) >= 11 is 0. The van der Waals surface area contributed by atoms with Crippen LogP contribution in [0.3, 0.4) is 0 Å². The summed E-state index contributed by atoms with van der Waals surface area (Å²) in [5, 5.41) is 8.89. The molecule has 0 bridgehead atoms. The van der Waals surface area contributed by atoms with Gasteiger partial charge in [0.1, 0.15) is 0 Å². The van der Waals surface area contributed by atoms with Crippen molar-refractivity contribution in [2.75, 3.05) is 7.11 Å². The van der Waals surface area contributed by atoms with Crippen LogP contribution in [0.1, 0.15) is 5.56 Å². The summed E-state index contributed by atoms with van der Waals surface area (Å²) in [7, 11) is 0.826. The average Bonchev–Trinajstić information content (AvgIpc) is 2.25. The zero-order chi connectivity index (χ0) is 13.1. The normalized spacial score (nSPS) is 15.3. The lowest BCUT2D eigenvalue weighted by atomic mass is 10.1. The third-order valence-electron chi connectivity index (χ3n) is 1.98. The molecule has 7 heteroatoms. The minimum Gasteiger partial charge on any atom is -0.477 e. The quantitative estimate of drug-likeness (QED) is 0.831. The molecule has 4 nitrogen and oxygen atoms in total. The maximum atomic E-state index is 12.2. The molecule has 0 heterocycles. The van der Waals surface area contributed by atoms with E-state index in [9.17, 15) is 18.0 Å². The summed E-state index contributed by atoms with van der Waals surface area (Å²) in [4.78, 5) is 11.0. The first-order valence-corrected chi connectivity index (χ1v) is 4.43. The number of carbonyl (C=O) groups is 1. The fourth-order valence-corrected chi connectivity index (χ4v) is 1.29. The van der Waals surface area contributed by atoms with Crippen molar-refractivity contribution in [3.8, 4) is 0 Å². The minimum absolute atomic E-state index is 0.257. The van der Waals surface area contributed by atoms with Gasteiger partial charge in [-0.2, -0.15) is 0 Å². The molecule has 0 aliphatic rings. The van der Waals surface area contributed by atoms with Crippen molar-refractivity contribution < 1.29 is 32.5 Å². The molecule has 0 saturated carbocycles. The predicted octanol–water partition coefficient (Wildman–Crippen LogP) is 2.11. The smallest absolute Gasteiger partial charge is 0.477 e. The fraction of sp³-hybridized carbons (Fsp3) is 0.300. The van der Waals surface area contributed by atoms with Crippen LogP contribution in [-0.2, 0) is 20.1 Å². The number of hydrogen-bond donors (Lipinski definition) is 1. The van der Waals surface area contributed by atoms with E-state index in [0.29, 0.717) is 0 Å². The maximum Gasteiger partial charge on any atom is 0.525 e.